The number of benzene rings is 1. The second-order valence-electron chi connectivity index (χ2n) is 6.23. The summed E-state index contributed by atoms with van der Waals surface area (Å²) in [7, 11) is 0. The minimum atomic E-state index is 0.386. The summed E-state index contributed by atoms with van der Waals surface area (Å²) in [5, 5.41) is 3.40. The Hall–Kier alpha value is -0.900. The molecule has 21 heavy (non-hydrogen) atoms. The summed E-state index contributed by atoms with van der Waals surface area (Å²) in [6.45, 7) is 5.97. The van der Waals surface area contributed by atoms with E-state index in [1.807, 2.05) is 0 Å². The number of nitrogens with one attached hydrogen (secondary N) is 1. The maximum Gasteiger partial charge on any atom is 0.0107 e. The van der Waals surface area contributed by atoms with Gasteiger partial charge in [0.2, 0.25) is 0 Å². The molecule has 0 aliphatic carbocycles. The van der Waals surface area contributed by atoms with Crippen LogP contribution in [0.3, 0.4) is 0 Å². The number of rotatable bonds is 9. The van der Waals surface area contributed by atoms with Crippen LogP contribution >= 0.6 is 0 Å². The Labute approximate surface area is 129 Å². The highest BCUT2D eigenvalue weighted by atomic mass is 15.2. The maximum atomic E-state index is 6.23. The fourth-order valence-corrected chi connectivity index (χ4v) is 3.03. The zero-order valence-corrected chi connectivity index (χ0v) is 13.3. The van der Waals surface area contributed by atoms with Crippen LogP contribution in [0.5, 0.6) is 0 Å². The van der Waals surface area contributed by atoms with Crippen molar-refractivity contribution in [3.8, 4) is 0 Å². The average molecular weight is 289 g/mol. The molecule has 0 spiro atoms. The van der Waals surface area contributed by atoms with E-state index in [4.69, 9.17) is 5.73 Å². The minimum Gasteiger partial charge on any atom is -0.328 e. The molecule has 118 valence electrons. The van der Waals surface area contributed by atoms with Crippen molar-refractivity contribution < 1.29 is 0 Å². The van der Waals surface area contributed by atoms with Gasteiger partial charge in [-0.2, -0.15) is 0 Å². The first-order valence-electron chi connectivity index (χ1n) is 8.57. The van der Waals surface area contributed by atoms with Crippen molar-refractivity contribution in [1.82, 2.24) is 10.2 Å². The summed E-state index contributed by atoms with van der Waals surface area (Å²) in [5.41, 5.74) is 7.67. The molecule has 0 amide bonds. The van der Waals surface area contributed by atoms with Gasteiger partial charge < -0.3 is 16.0 Å². The molecular formula is C18H31N3. The summed E-state index contributed by atoms with van der Waals surface area (Å²) in [4.78, 5) is 2.57. The lowest BCUT2D eigenvalue weighted by Crippen LogP contribution is -2.43. The van der Waals surface area contributed by atoms with Gasteiger partial charge in [0, 0.05) is 32.2 Å². The Morgan fingerprint density at radius 3 is 2.48 bits per heavy atom. The summed E-state index contributed by atoms with van der Waals surface area (Å²) < 4.78 is 0. The van der Waals surface area contributed by atoms with Gasteiger partial charge in [-0.3, -0.25) is 0 Å². The Morgan fingerprint density at radius 1 is 1.00 bits per heavy atom. The predicted octanol–water partition coefficient (Wildman–Crippen LogP) is 2.41. The van der Waals surface area contributed by atoms with E-state index in [1.165, 1.54) is 50.9 Å². The molecule has 1 aliphatic rings. The number of unbranched alkanes of at least 4 members (excludes halogenated alkanes) is 1. The standard InChI is InChI=1S/C18H31N3/c19-18(11-6-9-17-7-2-1-3-8-17)10-4-5-14-21-15-12-20-13-16-21/h1-3,7-8,18,20H,4-6,9-16,19H2. The van der Waals surface area contributed by atoms with Gasteiger partial charge in [0.15, 0.2) is 0 Å². The van der Waals surface area contributed by atoms with Crippen LogP contribution in [-0.4, -0.2) is 43.7 Å². The maximum absolute atomic E-state index is 6.23. The second-order valence-corrected chi connectivity index (χ2v) is 6.23. The van der Waals surface area contributed by atoms with Gasteiger partial charge in [0.05, 0.1) is 0 Å². The van der Waals surface area contributed by atoms with E-state index in [9.17, 15) is 0 Å². The van der Waals surface area contributed by atoms with E-state index in [2.05, 4.69) is 40.5 Å². The Kier molecular flexibility index (Phi) is 7.79. The van der Waals surface area contributed by atoms with E-state index in [-0.39, 0.29) is 0 Å². The van der Waals surface area contributed by atoms with Crippen LogP contribution in [0.25, 0.3) is 0 Å². The monoisotopic (exact) mass is 289 g/mol. The molecule has 3 N–H and O–H groups in total. The van der Waals surface area contributed by atoms with E-state index in [1.54, 1.807) is 0 Å². The molecule has 0 aromatic heterocycles. The molecular weight excluding hydrogens is 258 g/mol. The lowest BCUT2D eigenvalue weighted by molar-refractivity contribution is 0.235. The second kappa shape index (κ2) is 9.93. The SMILES string of the molecule is NC(CCCCN1CCNCC1)CCCc1ccccc1. The fraction of sp³-hybridized carbons (Fsp3) is 0.667. The number of nitrogens with two attached hydrogens (primary N) is 1. The molecule has 1 saturated heterocycles. The molecule has 2 rings (SSSR count). The van der Waals surface area contributed by atoms with E-state index in [0.29, 0.717) is 6.04 Å². The number of hydrogen-bond donors (Lipinski definition) is 2. The van der Waals surface area contributed by atoms with Crippen molar-refractivity contribution in [3.05, 3.63) is 35.9 Å². The highest BCUT2D eigenvalue weighted by Crippen LogP contribution is 2.10. The van der Waals surface area contributed by atoms with Crippen LogP contribution in [0.4, 0.5) is 0 Å². The summed E-state index contributed by atoms with van der Waals surface area (Å²) in [6.07, 6.45) is 7.28. The van der Waals surface area contributed by atoms with Gasteiger partial charge in [-0.1, -0.05) is 36.8 Å². The van der Waals surface area contributed by atoms with Crippen molar-refractivity contribution in [2.24, 2.45) is 5.73 Å². The number of nitrogens with zero attached hydrogens (tertiary/aromatic N) is 1. The smallest absolute Gasteiger partial charge is 0.0107 e. The average Bonchev–Trinajstić information content (AvgIpc) is 2.54. The molecule has 1 unspecified atom stereocenters. The van der Waals surface area contributed by atoms with Crippen LogP contribution in [0.1, 0.15) is 37.7 Å². The molecule has 0 saturated carbocycles. The summed E-state index contributed by atoms with van der Waals surface area (Å²) in [5.74, 6) is 0. The van der Waals surface area contributed by atoms with Gasteiger partial charge in [0.25, 0.3) is 0 Å². The van der Waals surface area contributed by atoms with Crippen LogP contribution in [0.2, 0.25) is 0 Å². The van der Waals surface area contributed by atoms with Crippen LogP contribution < -0.4 is 11.1 Å². The molecule has 1 fully saturated rings. The molecule has 0 radical (unpaired) electrons. The summed E-state index contributed by atoms with van der Waals surface area (Å²) >= 11 is 0. The first kappa shape index (κ1) is 16.5. The molecule has 3 nitrogen and oxygen atoms in total. The zero-order chi connectivity index (χ0) is 14.8. The molecule has 1 aromatic rings. The highest BCUT2D eigenvalue weighted by Gasteiger charge is 2.09. The predicted molar refractivity (Wildman–Crippen MR) is 90.5 cm³/mol. The molecule has 0 bridgehead atoms. The lowest BCUT2D eigenvalue weighted by Gasteiger charge is -2.27. The van der Waals surface area contributed by atoms with Crippen molar-refractivity contribution in [2.45, 2.75) is 44.6 Å². The fourth-order valence-electron chi connectivity index (χ4n) is 3.03. The third kappa shape index (κ3) is 7.07. The van der Waals surface area contributed by atoms with Gasteiger partial charge in [-0.15, -0.1) is 0 Å². The lowest BCUT2D eigenvalue weighted by atomic mass is 10.0. The van der Waals surface area contributed by atoms with E-state index >= 15 is 0 Å². The van der Waals surface area contributed by atoms with Gasteiger partial charge in [-0.05, 0) is 44.2 Å². The third-order valence-electron chi connectivity index (χ3n) is 4.39. The normalized spacial score (nSPS) is 17.8. The molecule has 1 aliphatic heterocycles. The van der Waals surface area contributed by atoms with Gasteiger partial charge in [0.1, 0.15) is 0 Å². The molecule has 1 aromatic carbocycles. The first-order valence-corrected chi connectivity index (χ1v) is 8.57. The Balaban J connectivity index is 1.46. The Morgan fingerprint density at radius 2 is 1.71 bits per heavy atom. The van der Waals surface area contributed by atoms with Crippen molar-refractivity contribution in [2.75, 3.05) is 32.7 Å². The van der Waals surface area contributed by atoms with E-state index in [0.717, 1.165) is 25.9 Å². The van der Waals surface area contributed by atoms with Gasteiger partial charge >= 0.3 is 0 Å². The topological polar surface area (TPSA) is 41.3 Å². The summed E-state index contributed by atoms with van der Waals surface area (Å²) in [6, 6.07) is 11.1. The molecule has 3 heteroatoms. The number of piperazine rings is 1. The first-order chi connectivity index (χ1) is 10.3. The third-order valence-corrected chi connectivity index (χ3v) is 4.39. The highest BCUT2D eigenvalue weighted by molar-refractivity contribution is 5.14. The van der Waals surface area contributed by atoms with Crippen LogP contribution in [0, 0.1) is 0 Å². The van der Waals surface area contributed by atoms with Crippen molar-refractivity contribution in [3.63, 3.8) is 0 Å². The van der Waals surface area contributed by atoms with E-state index < -0.39 is 0 Å². The largest absolute Gasteiger partial charge is 0.328 e. The quantitative estimate of drug-likeness (QED) is 0.686. The van der Waals surface area contributed by atoms with Crippen LogP contribution in [-0.2, 0) is 6.42 Å². The minimum absolute atomic E-state index is 0.386. The molecule has 1 heterocycles. The Bertz CT molecular complexity index is 360. The number of aryl methyl sites for hydroxylation is 1. The molecule has 1 atom stereocenters. The zero-order valence-electron chi connectivity index (χ0n) is 13.3. The number of hydrogen-bond acceptors (Lipinski definition) is 3. The van der Waals surface area contributed by atoms with Crippen molar-refractivity contribution in [1.29, 1.82) is 0 Å². The van der Waals surface area contributed by atoms with Crippen molar-refractivity contribution >= 4 is 0 Å². The van der Waals surface area contributed by atoms with Crippen LogP contribution in [0.15, 0.2) is 30.3 Å². The van der Waals surface area contributed by atoms with Gasteiger partial charge in [-0.25, -0.2) is 0 Å².